The summed E-state index contributed by atoms with van der Waals surface area (Å²) in [5, 5.41) is 0.863. The van der Waals surface area contributed by atoms with Crippen LogP contribution in [-0.4, -0.2) is 20.2 Å². The molecule has 2 aromatic carbocycles. The van der Waals surface area contributed by atoms with Crippen LogP contribution in [0.2, 0.25) is 0 Å². The fraction of sp³-hybridized carbons (Fsp3) is 0.333. The van der Waals surface area contributed by atoms with Crippen molar-refractivity contribution in [2.45, 2.75) is 55.4 Å². The molecule has 0 radical (unpaired) electrons. The second-order valence-electron chi connectivity index (χ2n) is 9.47. The molecule has 4 rings (SSSR count). The highest BCUT2D eigenvalue weighted by atomic mass is 16.5. The minimum atomic E-state index is -0.387. The number of aryl methyl sites for hydroxylation is 3. The number of benzene rings is 3. The normalized spacial score (nSPS) is 11.4. The lowest BCUT2D eigenvalue weighted by atomic mass is 9.81. The molecule has 0 unspecified atom stereocenters. The standard InChI is InChI=1S/C30H32O5/c1-13-11-21-25(23-17(5)15(3)16(4)18(6)24(23)30(32)34-10)22-12-14(2)27(33-9)20(8)29(22)35-28(21)19(7)26(13)31/h11-12H,1-10H3. The number of methoxy groups -OCH3 is 2. The van der Waals surface area contributed by atoms with Gasteiger partial charge in [0.25, 0.3) is 0 Å². The Kier molecular flexibility index (Phi) is 6.00. The smallest absolute Gasteiger partial charge is 0.338 e. The molecular weight excluding hydrogens is 440 g/mol. The third-order valence-electron chi connectivity index (χ3n) is 7.56. The molecule has 1 heterocycles. The molecule has 0 bridgehead atoms. The molecule has 0 atom stereocenters. The maximum absolute atomic E-state index is 13.2. The molecule has 1 aliphatic carbocycles. The summed E-state index contributed by atoms with van der Waals surface area (Å²) in [6.45, 7) is 15.7. The molecule has 2 aliphatic rings. The van der Waals surface area contributed by atoms with Gasteiger partial charge in [-0.2, -0.15) is 0 Å². The number of fused-ring (bicyclic) bond motifs is 2. The van der Waals surface area contributed by atoms with Gasteiger partial charge in [-0.25, -0.2) is 4.79 Å². The Balaban J connectivity index is 2.41. The molecule has 0 aromatic heterocycles. The Labute approximate surface area is 206 Å². The van der Waals surface area contributed by atoms with Crippen molar-refractivity contribution >= 4 is 16.9 Å². The van der Waals surface area contributed by atoms with Crippen LogP contribution < -0.4 is 10.2 Å². The van der Waals surface area contributed by atoms with Gasteiger partial charge in [0.2, 0.25) is 0 Å². The lowest BCUT2D eigenvalue weighted by Gasteiger charge is -2.25. The molecule has 0 fully saturated rings. The fourth-order valence-electron chi connectivity index (χ4n) is 5.34. The molecule has 0 N–H and O–H groups in total. The number of carbonyl (C=O) groups is 1. The van der Waals surface area contributed by atoms with Crippen LogP contribution in [0.25, 0.3) is 33.4 Å². The summed E-state index contributed by atoms with van der Waals surface area (Å²) in [5.41, 5.74) is 10.6. The monoisotopic (exact) mass is 472 g/mol. The molecule has 0 spiro atoms. The lowest BCUT2D eigenvalue weighted by molar-refractivity contribution is 0.0600. The summed E-state index contributed by atoms with van der Waals surface area (Å²) < 4.78 is 17.4. The highest BCUT2D eigenvalue weighted by Crippen LogP contribution is 2.48. The number of hydrogen-bond donors (Lipinski definition) is 0. The predicted molar refractivity (Wildman–Crippen MR) is 140 cm³/mol. The average Bonchev–Trinajstić information content (AvgIpc) is 2.83. The van der Waals surface area contributed by atoms with Gasteiger partial charge in [0.15, 0.2) is 5.43 Å². The molecule has 0 saturated heterocycles. The molecule has 0 saturated carbocycles. The zero-order valence-corrected chi connectivity index (χ0v) is 22.2. The van der Waals surface area contributed by atoms with Crippen LogP contribution >= 0.6 is 0 Å². The van der Waals surface area contributed by atoms with E-state index >= 15 is 0 Å². The van der Waals surface area contributed by atoms with Gasteiger partial charge < -0.3 is 13.9 Å². The van der Waals surface area contributed by atoms with Crippen LogP contribution in [0.15, 0.2) is 21.3 Å². The summed E-state index contributed by atoms with van der Waals surface area (Å²) in [7, 11) is 3.05. The lowest BCUT2D eigenvalue weighted by Crippen LogP contribution is -2.14. The van der Waals surface area contributed by atoms with E-state index in [2.05, 4.69) is 6.92 Å². The maximum Gasteiger partial charge on any atom is 0.338 e. The predicted octanol–water partition coefficient (Wildman–Crippen LogP) is 6.83. The van der Waals surface area contributed by atoms with E-state index in [-0.39, 0.29) is 11.4 Å². The molecule has 2 aromatic rings. The number of ether oxygens (including phenoxy) is 2. The van der Waals surface area contributed by atoms with Crippen molar-refractivity contribution in [1.82, 2.24) is 0 Å². The molecule has 5 heteroatoms. The summed E-state index contributed by atoms with van der Waals surface area (Å²) in [6.07, 6.45) is 0. The van der Waals surface area contributed by atoms with E-state index in [4.69, 9.17) is 13.9 Å². The first kappa shape index (κ1) is 24.5. The summed E-state index contributed by atoms with van der Waals surface area (Å²) >= 11 is 0. The van der Waals surface area contributed by atoms with Gasteiger partial charge in [-0.05, 0) is 101 Å². The minimum absolute atomic E-state index is 0.0514. The van der Waals surface area contributed by atoms with Crippen LogP contribution in [0.3, 0.4) is 0 Å². The quantitative estimate of drug-likeness (QED) is 0.242. The number of hydrogen-bond acceptors (Lipinski definition) is 5. The molecule has 0 amide bonds. The van der Waals surface area contributed by atoms with E-state index in [0.717, 1.165) is 61.2 Å². The summed E-state index contributed by atoms with van der Waals surface area (Å²) in [4.78, 5) is 26.1. The Hall–Kier alpha value is -3.60. The maximum atomic E-state index is 13.2. The van der Waals surface area contributed by atoms with Crippen molar-refractivity contribution in [1.29, 1.82) is 0 Å². The van der Waals surface area contributed by atoms with E-state index in [0.29, 0.717) is 28.0 Å². The first-order valence-corrected chi connectivity index (χ1v) is 11.7. The zero-order chi connectivity index (χ0) is 25.9. The van der Waals surface area contributed by atoms with Crippen molar-refractivity contribution in [3.8, 4) is 28.2 Å². The van der Waals surface area contributed by atoms with E-state index in [1.165, 1.54) is 7.11 Å². The topological polar surface area (TPSA) is 65.7 Å². The van der Waals surface area contributed by atoms with Crippen LogP contribution in [-0.2, 0) is 4.74 Å². The molecule has 5 nitrogen and oxygen atoms in total. The van der Waals surface area contributed by atoms with Gasteiger partial charge in [-0.15, -0.1) is 0 Å². The number of esters is 1. The van der Waals surface area contributed by atoms with Crippen molar-refractivity contribution < 1.29 is 18.7 Å². The molecular formula is C30H32O5. The Morgan fingerprint density at radius 1 is 0.743 bits per heavy atom. The summed E-state index contributed by atoms with van der Waals surface area (Å²) in [5.74, 6) is 0.865. The third kappa shape index (κ3) is 3.44. The van der Waals surface area contributed by atoms with Crippen molar-refractivity contribution in [2.75, 3.05) is 14.2 Å². The second kappa shape index (κ2) is 8.56. The van der Waals surface area contributed by atoms with Gasteiger partial charge in [0.05, 0.1) is 19.8 Å². The van der Waals surface area contributed by atoms with Crippen LogP contribution in [0.1, 0.15) is 54.9 Å². The van der Waals surface area contributed by atoms with Crippen molar-refractivity contribution in [2.24, 2.45) is 0 Å². The highest BCUT2D eigenvalue weighted by Gasteiger charge is 2.30. The van der Waals surface area contributed by atoms with Crippen molar-refractivity contribution in [3.63, 3.8) is 0 Å². The molecule has 182 valence electrons. The van der Waals surface area contributed by atoms with Gasteiger partial charge >= 0.3 is 5.97 Å². The average molecular weight is 473 g/mol. The van der Waals surface area contributed by atoms with Crippen LogP contribution in [0, 0.1) is 55.4 Å². The van der Waals surface area contributed by atoms with Crippen molar-refractivity contribution in [3.05, 3.63) is 72.4 Å². The second-order valence-corrected chi connectivity index (χ2v) is 9.47. The Morgan fingerprint density at radius 3 is 1.97 bits per heavy atom. The zero-order valence-electron chi connectivity index (χ0n) is 22.2. The van der Waals surface area contributed by atoms with Gasteiger partial charge in [0, 0.05) is 33.2 Å². The largest absolute Gasteiger partial charge is 0.496 e. The fourth-order valence-corrected chi connectivity index (χ4v) is 5.34. The van der Waals surface area contributed by atoms with Gasteiger partial charge in [0.1, 0.15) is 17.1 Å². The number of rotatable bonds is 3. The highest BCUT2D eigenvalue weighted by molar-refractivity contribution is 6.11. The van der Waals surface area contributed by atoms with Crippen LogP contribution in [0.4, 0.5) is 0 Å². The first-order valence-electron chi connectivity index (χ1n) is 11.7. The Morgan fingerprint density at radius 2 is 1.37 bits per heavy atom. The third-order valence-corrected chi connectivity index (χ3v) is 7.56. The molecule has 35 heavy (non-hydrogen) atoms. The van der Waals surface area contributed by atoms with Crippen LogP contribution in [0.5, 0.6) is 5.75 Å². The Bertz CT molecular complexity index is 1570. The van der Waals surface area contributed by atoms with E-state index in [1.807, 2.05) is 53.7 Å². The van der Waals surface area contributed by atoms with E-state index in [9.17, 15) is 9.59 Å². The first-order chi connectivity index (χ1) is 16.5. The van der Waals surface area contributed by atoms with E-state index < -0.39 is 0 Å². The molecule has 1 aliphatic heterocycles. The van der Waals surface area contributed by atoms with Gasteiger partial charge in [-0.1, -0.05) is 0 Å². The van der Waals surface area contributed by atoms with Gasteiger partial charge in [-0.3, -0.25) is 4.79 Å². The number of carbonyl (C=O) groups excluding carboxylic acids is 1. The minimum Gasteiger partial charge on any atom is -0.496 e. The van der Waals surface area contributed by atoms with E-state index in [1.54, 1.807) is 14.0 Å². The SMILES string of the molecule is COC(=O)c1c(C)c(C)c(C)c(C)c1-c1c2cc(C)c(=O)c(C)c-2oc2c(C)c(OC)c(C)cc12. The summed E-state index contributed by atoms with van der Waals surface area (Å²) in [6, 6.07) is 3.92.